The van der Waals surface area contributed by atoms with Crippen molar-refractivity contribution < 1.29 is 23.9 Å². The summed E-state index contributed by atoms with van der Waals surface area (Å²) in [4.78, 5) is 38.5. The molecule has 172 valence electrons. The van der Waals surface area contributed by atoms with Crippen LogP contribution in [0.15, 0.2) is 60.7 Å². The van der Waals surface area contributed by atoms with Crippen LogP contribution in [-0.4, -0.2) is 23.9 Å². The Bertz CT molecular complexity index is 864. The van der Waals surface area contributed by atoms with E-state index in [4.69, 9.17) is 9.47 Å². The first kappa shape index (κ1) is 25.1. The van der Waals surface area contributed by atoms with E-state index in [1.54, 1.807) is 0 Å². The molecule has 1 unspecified atom stereocenters. The van der Waals surface area contributed by atoms with Crippen LogP contribution in [0.2, 0.25) is 0 Å². The molecule has 0 aliphatic heterocycles. The van der Waals surface area contributed by atoms with Gasteiger partial charge in [0.25, 0.3) is 0 Å². The number of nitrogens with one attached hydrogen (secondary N) is 1. The SMILES string of the molecule is CC(C)CC(C(=O)OCc1ccccc1)C(=O)[C@@H](NC(=O)OCc1ccccc1)C(C)C. The lowest BCUT2D eigenvalue weighted by Crippen LogP contribution is -2.49. The lowest BCUT2D eigenvalue weighted by Gasteiger charge is -2.26. The Kier molecular flexibility index (Phi) is 9.92. The average molecular weight is 440 g/mol. The smallest absolute Gasteiger partial charge is 0.408 e. The second-order valence-electron chi connectivity index (χ2n) is 8.61. The van der Waals surface area contributed by atoms with Crippen molar-refractivity contribution in [2.45, 2.75) is 53.4 Å². The van der Waals surface area contributed by atoms with Gasteiger partial charge in [-0.25, -0.2) is 4.79 Å². The number of esters is 1. The Morgan fingerprint density at radius 2 is 1.28 bits per heavy atom. The molecule has 0 fully saturated rings. The van der Waals surface area contributed by atoms with Crippen molar-refractivity contribution in [1.82, 2.24) is 5.32 Å². The van der Waals surface area contributed by atoms with Crippen molar-refractivity contribution in [1.29, 1.82) is 0 Å². The molecule has 2 rings (SSSR count). The van der Waals surface area contributed by atoms with Gasteiger partial charge in [-0.15, -0.1) is 0 Å². The largest absolute Gasteiger partial charge is 0.460 e. The molecular weight excluding hydrogens is 406 g/mol. The third-order valence-electron chi connectivity index (χ3n) is 5.02. The van der Waals surface area contributed by atoms with Crippen LogP contribution in [0, 0.1) is 17.8 Å². The van der Waals surface area contributed by atoms with Crippen LogP contribution in [0.3, 0.4) is 0 Å². The number of alkyl carbamates (subject to hydrolysis) is 1. The fourth-order valence-corrected chi connectivity index (χ4v) is 3.30. The van der Waals surface area contributed by atoms with E-state index in [0.717, 1.165) is 11.1 Å². The molecule has 0 aliphatic carbocycles. The lowest BCUT2D eigenvalue weighted by atomic mass is 9.86. The number of ether oxygens (including phenoxy) is 2. The molecule has 2 aromatic rings. The van der Waals surface area contributed by atoms with Crippen LogP contribution >= 0.6 is 0 Å². The topological polar surface area (TPSA) is 81.7 Å². The quantitative estimate of drug-likeness (QED) is 0.397. The van der Waals surface area contributed by atoms with Gasteiger partial charge >= 0.3 is 12.1 Å². The summed E-state index contributed by atoms with van der Waals surface area (Å²) in [7, 11) is 0. The number of hydrogen-bond donors (Lipinski definition) is 1. The molecule has 6 heteroatoms. The Morgan fingerprint density at radius 3 is 1.75 bits per heavy atom. The third-order valence-corrected chi connectivity index (χ3v) is 5.02. The number of benzene rings is 2. The van der Waals surface area contributed by atoms with E-state index >= 15 is 0 Å². The first-order chi connectivity index (χ1) is 15.3. The Morgan fingerprint density at radius 1 is 0.781 bits per heavy atom. The maximum absolute atomic E-state index is 13.3. The van der Waals surface area contributed by atoms with Crippen LogP contribution in [-0.2, 0) is 32.3 Å². The minimum absolute atomic E-state index is 0.0974. The number of Topliss-reactive ketones (excluding diaryl/α,β-unsaturated/α-hetero) is 1. The van der Waals surface area contributed by atoms with Crippen molar-refractivity contribution in [2.75, 3.05) is 0 Å². The highest BCUT2D eigenvalue weighted by atomic mass is 16.5. The van der Waals surface area contributed by atoms with Gasteiger partial charge in [-0.05, 0) is 29.4 Å². The third kappa shape index (κ3) is 8.17. The van der Waals surface area contributed by atoms with Gasteiger partial charge in [0.2, 0.25) is 0 Å². The molecule has 2 atom stereocenters. The molecule has 1 N–H and O–H groups in total. The van der Waals surface area contributed by atoms with Crippen LogP contribution in [0.1, 0.15) is 45.2 Å². The highest BCUT2D eigenvalue weighted by Crippen LogP contribution is 2.20. The maximum atomic E-state index is 13.3. The van der Waals surface area contributed by atoms with E-state index in [0.29, 0.717) is 6.42 Å². The summed E-state index contributed by atoms with van der Waals surface area (Å²) in [5, 5.41) is 2.65. The highest BCUT2D eigenvalue weighted by Gasteiger charge is 2.36. The van der Waals surface area contributed by atoms with Gasteiger partial charge < -0.3 is 14.8 Å². The zero-order valence-corrected chi connectivity index (χ0v) is 19.2. The lowest BCUT2D eigenvalue weighted by molar-refractivity contribution is -0.154. The van der Waals surface area contributed by atoms with Gasteiger partial charge in [0.1, 0.15) is 19.1 Å². The van der Waals surface area contributed by atoms with Crippen LogP contribution in [0.5, 0.6) is 0 Å². The highest BCUT2D eigenvalue weighted by molar-refractivity contribution is 6.02. The maximum Gasteiger partial charge on any atom is 0.408 e. The summed E-state index contributed by atoms with van der Waals surface area (Å²) >= 11 is 0. The molecule has 1 amide bonds. The molecule has 0 heterocycles. The second-order valence-corrected chi connectivity index (χ2v) is 8.61. The fourth-order valence-electron chi connectivity index (χ4n) is 3.30. The molecule has 0 saturated carbocycles. The minimum Gasteiger partial charge on any atom is -0.460 e. The molecule has 6 nitrogen and oxygen atoms in total. The number of hydrogen-bond acceptors (Lipinski definition) is 5. The Hall–Kier alpha value is -3.15. The van der Waals surface area contributed by atoms with E-state index in [1.165, 1.54) is 0 Å². The minimum atomic E-state index is -0.958. The molecule has 0 radical (unpaired) electrons. The summed E-state index contributed by atoms with van der Waals surface area (Å²) in [6, 6.07) is 17.7. The summed E-state index contributed by atoms with van der Waals surface area (Å²) in [6.07, 6.45) is -0.349. The van der Waals surface area contributed by atoms with Crippen LogP contribution < -0.4 is 5.32 Å². The zero-order valence-electron chi connectivity index (χ0n) is 19.2. The molecule has 2 aromatic carbocycles. The molecule has 0 saturated heterocycles. The number of carbonyl (C=O) groups is 3. The molecule has 0 aliphatic rings. The van der Waals surface area contributed by atoms with Gasteiger partial charge in [-0.3, -0.25) is 9.59 Å². The van der Waals surface area contributed by atoms with E-state index in [-0.39, 0.29) is 30.8 Å². The number of carbonyl (C=O) groups excluding carboxylic acids is 3. The van der Waals surface area contributed by atoms with Gasteiger partial charge in [-0.1, -0.05) is 88.4 Å². The zero-order chi connectivity index (χ0) is 23.5. The summed E-state index contributed by atoms with van der Waals surface area (Å²) < 4.78 is 10.7. The first-order valence-electron chi connectivity index (χ1n) is 11.0. The van der Waals surface area contributed by atoms with Crippen molar-refractivity contribution >= 4 is 17.8 Å². The summed E-state index contributed by atoms with van der Waals surface area (Å²) in [5.74, 6) is -2.00. The fraction of sp³-hybridized carbons (Fsp3) is 0.423. The molecule has 32 heavy (non-hydrogen) atoms. The van der Waals surface area contributed by atoms with Gasteiger partial charge in [0, 0.05) is 0 Å². The van der Waals surface area contributed by atoms with Gasteiger partial charge in [0.15, 0.2) is 5.78 Å². The number of amides is 1. The van der Waals surface area contributed by atoms with E-state index in [1.807, 2.05) is 88.4 Å². The monoisotopic (exact) mass is 439 g/mol. The molecular formula is C26H33NO5. The molecule has 0 aromatic heterocycles. The van der Waals surface area contributed by atoms with Gasteiger partial charge in [-0.2, -0.15) is 0 Å². The predicted molar refractivity (Wildman–Crippen MR) is 123 cm³/mol. The Balaban J connectivity index is 2.04. The summed E-state index contributed by atoms with van der Waals surface area (Å²) in [6.45, 7) is 7.72. The van der Waals surface area contributed by atoms with Gasteiger partial charge in [0.05, 0.1) is 6.04 Å². The van der Waals surface area contributed by atoms with Crippen LogP contribution in [0.25, 0.3) is 0 Å². The second kappa shape index (κ2) is 12.6. The van der Waals surface area contributed by atoms with E-state index in [9.17, 15) is 14.4 Å². The van der Waals surface area contributed by atoms with Crippen molar-refractivity contribution in [3.63, 3.8) is 0 Å². The van der Waals surface area contributed by atoms with E-state index < -0.39 is 24.0 Å². The molecule has 0 bridgehead atoms. The normalized spacial score (nSPS) is 12.8. The summed E-state index contributed by atoms with van der Waals surface area (Å²) in [5.41, 5.74) is 1.69. The van der Waals surface area contributed by atoms with Crippen molar-refractivity contribution in [3.8, 4) is 0 Å². The Labute approximate surface area is 190 Å². The standard InChI is InChI=1S/C26H33NO5/c1-18(2)15-22(25(29)31-16-20-11-7-5-8-12-20)24(28)23(19(3)4)27-26(30)32-17-21-13-9-6-10-14-21/h5-14,18-19,22-23H,15-17H2,1-4H3,(H,27,30)/t22?,23-/m0/s1. The number of ketones is 1. The average Bonchev–Trinajstić information content (AvgIpc) is 2.78. The predicted octanol–water partition coefficient (Wildman–Crippen LogP) is 4.91. The number of rotatable bonds is 11. The first-order valence-corrected chi connectivity index (χ1v) is 11.0. The van der Waals surface area contributed by atoms with Crippen molar-refractivity contribution in [2.24, 2.45) is 17.8 Å². The van der Waals surface area contributed by atoms with Crippen molar-refractivity contribution in [3.05, 3.63) is 71.8 Å². The molecule has 0 spiro atoms. The van der Waals surface area contributed by atoms with E-state index in [2.05, 4.69) is 5.32 Å². The van der Waals surface area contributed by atoms with Crippen LogP contribution in [0.4, 0.5) is 4.79 Å².